The summed E-state index contributed by atoms with van der Waals surface area (Å²) >= 11 is 2.03. The molecule has 0 saturated carbocycles. The van der Waals surface area contributed by atoms with Crippen molar-refractivity contribution >= 4 is 34.6 Å². The Labute approximate surface area is 152 Å². The van der Waals surface area contributed by atoms with Gasteiger partial charge in [0.05, 0.1) is 0 Å². The number of nitriles is 1. The number of carbonyl (C=O) groups excluding carboxylic acids is 2. The van der Waals surface area contributed by atoms with Crippen molar-refractivity contribution in [3.8, 4) is 6.07 Å². The van der Waals surface area contributed by atoms with Gasteiger partial charge in [-0.25, -0.2) is 4.79 Å². The van der Waals surface area contributed by atoms with Crippen LogP contribution >= 0.6 is 22.6 Å². The number of carbonyl (C=O) groups is 2. The summed E-state index contributed by atoms with van der Waals surface area (Å²) in [6, 6.07) is 1.54. The van der Waals surface area contributed by atoms with Gasteiger partial charge in [-0.1, -0.05) is 20.3 Å². The number of amides is 2. The molecule has 2 amide bonds. The molecular formula is C16H26IN3O3. The molecule has 1 fully saturated rings. The van der Waals surface area contributed by atoms with E-state index in [1.807, 2.05) is 36.4 Å². The first-order valence-corrected chi connectivity index (χ1v) is 9.03. The van der Waals surface area contributed by atoms with Gasteiger partial charge in [-0.05, 0) is 62.1 Å². The molecule has 1 N–H and O–H groups in total. The van der Waals surface area contributed by atoms with Crippen LogP contribution in [0.15, 0.2) is 0 Å². The Morgan fingerprint density at radius 2 is 2.09 bits per heavy atom. The fraction of sp³-hybridized carbons (Fsp3) is 0.812. The van der Waals surface area contributed by atoms with E-state index in [9.17, 15) is 14.9 Å². The van der Waals surface area contributed by atoms with E-state index in [0.717, 1.165) is 12.8 Å². The van der Waals surface area contributed by atoms with Gasteiger partial charge in [-0.2, -0.15) is 5.26 Å². The minimum Gasteiger partial charge on any atom is -0.444 e. The number of alkyl halides is 1. The van der Waals surface area contributed by atoms with E-state index >= 15 is 0 Å². The third kappa shape index (κ3) is 5.23. The number of hydrogen-bond donors (Lipinski definition) is 1. The van der Waals surface area contributed by atoms with Crippen molar-refractivity contribution in [2.75, 3.05) is 6.54 Å². The Balaban J connectivity index is 2.92. The standard InChI is InChI=1S/C16H26IN3O3/c1-6-11(2)12(19-14(22)23-15(3,4)5)13(21)20-9-7-8-16(20,17)10-18/h11-12H,6-9H2,1-5H3,(H,19,22). The molecule has 3 unspecified atom stereocenters. The maximum atomic E-state index is 12.9. The van der Waals surface area contributed by atoms with Gasteiger partial charge < -0.3 is 15.0 Å². The topological polar surface area (TPSA) is 82.4 Å². The number of hydrogen-bond acceptors (Lipinski definition) is 4. The van der Waals surface area contributed by atoms with Crippen molar-refractivity contribution in [1.82, 2.24) is 10.2 Å². The van der Waals surface area contributed by atoms with Crippen LogP contribution in [0.5, 0.6) is 0 Å². The molecule has 0 radical (unpaired) electrons. The van der Waals surface area contributed by atoms with Crippen LogP contribution in [0.4, 0.5) is 4.79 Å². The Morgan fingerprint density at radius 1 is 1.48 bits per heavy atom. The van der Waals surface area contributed by atoms with Gasteiger partial charge in [0.15, 0.2) is 3.55 Å². The number of halogens is 1. The minimum absolute atomic E-state index is 0.0463. The summed E-state index contributed by atoms with van der Waals surface area (Å²) in [4.78, 5) is 26.6. The molecule has 1 aliphatic rings. The molecule has 0 spiro atoms. The second-order valence-electron chi connectivity index (χ2n) is 6.97. The lowest BCUT2D eigenvalue weighted by atomic mass is 9.97. The number of nitrogens with zero attached hydrogens (tertiary/aromatic N) is 2. The summed E-state index contributed by atoms with van der Waals surface area (Å²) in [5, 5.41) is 12.1. The number of rotatable bonds is 4. The summed E-state index contributed by atoms with van der Waals surface area (Å²) < 4.78 is 4.44. The summed E-state index contributed by atoms with van der Waals surface area (Å²) in [5.41, 5.74) is -0.625. The lowest BCUT2D eigenvalue weighted by Crippen LogP contribution is -2.55. The van der Waals surface area contributed by atoms with Crippen LogP contribution in [-0.2, 0) is 9.53 Å². The largest absolute Gasteiger partial charge is 0.444 e. The van der Waals surface area contributed by atoms with Gasteiger partial charge in [0.2, 0.25) is 5.91 Å². The van der Waals surface area contributed by atoms with Gasteiger partial charge in [0.1, 0.15) is 17.7 Å². The van der Waals surface area contributed by atoms with Crippen LogP contribution in [0, 0.1) is 17.2 Å². The van der Waals surface area contributed by atoms with Crippen LogP contribution in [0.3, 0.4) is 0 Å². The Morgan fingerprint density at radius 3 is 2.57 bits per heavy atom. The average molecular weight is 435 g/mol. The maximum absolute atomic E-state index is 12.9. The molecule has 1 heterocycles. The zero-order valence-electron chi connectivity index (χ0n) is 14.5. The van der Waals surface area contributed by atoms with Crippen molar-refractivity contribution < 1.29 is 14.3 Å². The molecule has 0 bridgehead atoms. The molecular weight excluding hydrogens is 409 g/mol. The Bertz CT molecular complexity index is 498. The van der Waals surface area contributed by atoms with E-state index in [0.29, 0.717) is 13.0 Å². The zero-order valence-corrected chi connectivity index (χ0v) is 16.6. The quantitative estimate of drug-likeness (QED) is 0.418. The third-order valence-corrected chi connectivity index (χ3v) is 5.27. The molecule has 6 nitrogen and oxygen atoms in total. The number of ether oxygens (including phenoxy) is 1. The highest BCUT2D eigenvalue weighted by atomic mass is 127. The van der Waals surface area contributed by atoms with Crippen LogP contribution in [0.2, 0.25) is 0 Å². The molecule has 130 valence electrons. The summed E-state index contributed by atoms with van der Waals surface area (Å²) in [5.74, 6) is -0.256. The molecule has 7 heteroatoms. The monoisotopic (exact) mass is 435 g/mol. The lowest BCUT2D eigenvalue weighted by molar-refractivity contribution is -0.135. The van der Waals surface area contributed by atoms with Gasteiger partial charge in [-0.3, -0.25) is 4.79 Å². The normalized spacial score (nSPS) is 23.8. The van der Waals surface area contributed by atoms with Crippen LogP contribution in [0.25, 0.3) is 0 Å². The van der Waals surface area contributed by atoms with E-state index in [1.165, 1.54) is 0 Å². The van der Waals surface area contributed by atoms with E-state index in [-0.39, 0.29) is 11.8 Å². The number of nitrogens with one attached hydrogen (secondary N) is 1. The third-order valence-electron chi connectivity index (χ3n) is 3.91. The van der Waals surface area contributed by atoms with Crippen molar-refractivity contribution in [2.45, 2.75) is 69.1 Å². The minimum atomic E-state index is -0.823. The summed E-state index contributed by atoms with van der Waals surface area (Å²) in [7, 11) is 0. The maximum Gasteiger partial charge on any atom is 0.408 e. The zero-order chi connectivity index (χ0) is 17.8. The van der Waals surface area contributed by atoms with Crippen molar-refractivity contribution in [3.05, 3.63) is 0 Å². The molecule has 0 aliphatic carbocycles. The van der Waals surface area contributed by atoms with Gasteiger partial charge >= 0.3 is 6.09 Å². The highest BCUT2D eigenvalue weighted by Crippen LogP contribution is 2.36. The molecule has 23 heavy (non-hydrogen) atoms. The Kier molecular flexibility index (Phi) is 6.69. The van der Waals surface area contributed by atoms with Crippen molar-refractivity contribution in [1.29, 1.82) is 5.26 Å². The lowest BCUT2D eigenvalue weighted by Gasteiger charge is -2.33. The molecule has 3 atom stereocenters. The average Bonchev–Trinajstić information content (AvgIpc) is 2.84. The first-order valence-electron chi connectivity index (χ1n) is 7.95. The van der Waals surface area contributed by atoms with E-state index in [2.05, 4.69) is 11.4 Å². The van der Waals surface area contributed by atoms with Crippen LogP contribution in [-0.4, -0.2) is 38.6 Å². The van der Waals surface area contributed by atoms with Gasteiger partial charge in [0, 0.05) is 6.54 Å². The van der Waals surface area contributed by atoms with Crippen LogP contribution in [0.1, 0.15) is 53.9 Å². The van der Waals surface area contributed by atoms with Gasteiger partial charge in [0.25, 0.3) is 0 Å². The molecule has 0 aromatic carbocycles. The fourth-order valence-electron chi connectivity index (χ4n) is 2.47. The smallest absolute Gasteiger partial charge is 0.408 e. The van der Waals surface area contributed by atoms with E-state index in [1.54, 1.807) is 25.7 Å². The number of likely N-dealkylation sites (tertiary alicyclic amines) is 1. The highest BCUT2D eigenvalue weighted by molar-refractivity contribution is 14.1. The van der Waals surface area contributed by atoms with E-state index in [4.69, 9.17) is 4.74 Å². The summed E-state index contributed by atoms with van der Waals surface area (Å²) in [6.45, 7) is 9.75. The van der Waals surface area contributed by atoms with Gasteiger partial charge in [-0.15, -0.1) is 0 Å². The Hall–Kier alpha value is -1.04. The molecule has 1 aliphatic heterocycles. The van der Waals surface area contributed by atoms with Crippen molar-refractivity contribution in [2.24, 2.45) is 5.92 Å². The predicted molar refractivity (Wildman–Crippen MR) is 95.9 cm³/mol. The fourth-order valence-corrected chi connectivity index (χ4v) is 3.33. The second kappa shape index (κ2) is 7.69. The summed E-state index contributed by atoms with van der Waals surface area (Å²) in [6.07, 6.45) is 1.57. The predicted octanol–water partition coefficient (Wildman–Crippen LogP) is 3.20. The molecule has 1 rings (SSSR count). The number of alkyl carbamates (subject to hydrolysis) is 1. The first-order chi connectivity index (χ1) is 10.5. The van der Waals surface area contributed by atoms with E-state index < -0.39 is 21.3 Å². The van der Waals surface area contributed by atoms with Crippen LogP contribution < -0.4 is 5.32 Å². The first kappa shape index (κ1) is 20.0. The molecule has 1 saturated heterocycles. The molecule has 0 aromatic heterocycles. The molecule has 0 aromatic rings. The SMILES string of the molecule is CCC(C)C(NC(=O)OC(C)(C)C)C(=O)N1CCCC1(I)C#N. The highest BCUT2D eigenvalue weighted by Gasteiger charge is 2.45. The second-order valence-corrected chi connectivity index (χ2v) is 8.76. The van der Waals surface area contributed by atoms with Crippen molar-refractivity contribution in [3.63, 3.8) is 0 Å².